The highest BCUT2D eigenvalue weighted by molar-refractivity contribution is 7.91. The third kappa shape index (κ3) is 8.64. The molecule has 13 nitrogen and oxygen atoms in total. The van der Waals surface area contributed by atoms with Gasteiger partial charge in [-0.25, -0.2) is 13.4 Å². The first-order valence-corrected chi connectivity index (χ1v) is 21.5. The van der Waals surface area contributed by atoms with Gasteiger partial charge < -0.3 is 24.4 Å². The van der Waals surface area contributed by atoms with Crippen LogP contribution in [-0.2, 0) is 24.4 Å². The standard InChI is InChI=1S/C42H53N5O8S/c1-6-27-17-26(4)9-7-8-10-29-22-42(29,41(50)46-56(51,52)33-13-14-33)45-39(49)37-21-32(24-47(37)38(48)18-27)55-40-34-15-11-30(53-5)19-28(34)20-36(44-40)35-16-12-31(23-43-35)54-25(2)3/h8,10-12,15-16,19-20,23,25-27,29,32-33,37H,6-7,9,13-14,17-18,21-22,24H2,1-5H3,(H,45,49)(H,46,50)/b10-8-/t26-,27-,29-,32-,37+,42-/m1/s1. The van der Waals surface area contributed by atoms with E-state index in [9.17, 15) is 22.8 Å². The number of fused-ring (bicyclic) bond motifs is 3. The fourth-order valence-electron chi connectivity index (χ4n) is 8.04. The number of ether oxygens (including phenoxy) is 3. The SMILES string of the molecule is CC[C@H]1CC(=O)N2C[C@H](Oc3nc(-c4ccc(OC(C)C)cn4)cc4cc(OC)ccc34)C[C@H]2C(=O)N[C@]2(C(=O)NS(=O)(=O)C3CC3)C[C@H]2/C=C\CC[C@@H](C)C1. The summed E-state index contributed by atoms with van der Waals surface area (Å²) in [6.45, 7) is 8.30. The summed E-state index contributed by atoms with van der Waals surface area (Å²) in [6, 6.07) is 10.2. The first-order valence-electron chi connectivity index (χ1n) is 19.9. The van der Waals surface area contributed by atoms with E-state index in [4.69, 9.17) is 19.2 Å². The molecule has 4 aliphatic rings. The van der Waals surface area contributed by atoms with Crippen LogP contribution in [0, 0.1) is 17.8 Å². The zero-order valence-electron chi connectivity index (χ0n) is 32.8. The summed E-state index contributed by atoms with van der Waals surface area (Å²) in [5.74, 6) is 0.319. The second-order valence-corrected chi connectivity index (χ2v) is 18.2. The first kappa shape index (κ1) is 39.5. The molecule has 3 fully saturated rings. The fourth-order valence-corrected chi connectivity index (χ4v) is 9.41. The molecule has 300 valence electrons. The molecular formula is C42H53N5O8S. The van der Waals surface area contributed by atoms with Gasteiger partial charge in [0.25, 0.3) is 5.91 Å². The molecule has 2 aliphatic heterocycles. The lowest BCUT2D eigenvalue weighted by molar-refractivity contribution is -0.140. The lowest BCUT2D eigenvalue weighted by Gasteiger charge is -2.28. The predicted octanol–water partition coefficient (Wildman–Crippen LogP) is 5.72. The molecule has 4 heterocycles. The molecule has 2 aromatic heterocycles. The number of nitrogens with zero attached hydrogens (tertiary/aromatic N) is 3. The van der Waals surface area contributed by atoms with Gasteiger partial charge in [-0.15, -0.1) is 0 Å². The van der Waals surface area contributed by atoms with Gasteiger partial charge in [0.15, 0.2) is 0 Å². The predicted molar refractivity (Wildman–Crippen MR) is 211 cm³/mol. The molecule has 0 radical (unpaired) electrons. The summed E-state index contributed by atoms with van der Waals surface area (Å²) in [7, 11) is -2.26. The van der Waals surface area contributed by atoms with Gasteiger partial charge in [-0.3, -0.25) is 24.1 Å². The minimum absolute atomic E-state index is 0.00590. The van der Waals surface area contributed by atoms with Crippen molar-refractivity contribution in [1.29, 1.82) is 0 Å². The van der Waals surface area contributed by atoms with Crippen molar-refractivity contribution in [1.82, 2.24) is 24.9 Å². The summed E-state index contributed by atoms with van der Waals surface area (Å²) < 4.78 is 46.0. The number of hydrogen-bond donors (Lipinski definition) is 2. The number of hydrogen-bond acceptors (Lipinski definition) is 10. The highest BCUT2D eigenvalue weighted by Gasteiger charge is 2.62. The summed E-state index contributed by atoms with van der Waals surface area (Å²) in [6.07, 6.45) is 10.1. The molecule has 14 heteroatoms. The molecule has 2 saturated carbocycles. The van der Waals surface area contributed by atoms with E-state index in [2.05, 4.69) is 28.9 Å². The Bertz CT molecular complexity index is 2100. The van der Waals surface area contributed by atoms with Crippen molar-refractivity contribution in [3.63, 3.8) is 0 Å². The number of benzene rings is 1. The van der Waals surface area contributed by atoms with Gasteiger partial charge in [0.05, 0.1) is 42.6 Å². The van der Waals surface area contributed by atoms with Gasteiger partial charge in [-0.05, 0) is 106 Å². The molecule has 0 unspecified atom stereocenters. The largest absolute Gasteiger partial charge is 0.497 e. The van der Waals surface area contributed by atoms with Crippen LogP contribution in [0.2, 0.25) is 0 Å². The molecule has 1 saturated heterocycles. The Morgan fingerprint density at radius 3 is 2.55 bits per heavy atom. The molecule has 0 spiro atoms. The van der Waals surface area contributed by atoms with E-state index in [0.29, 0.717) is 47.5 Å². The maximum Gasteiger partial charge on any atom is 0.259 e. The normalized spacial score (nSPS) is 27.7. The zero-order chi connectivity index (χ0) is 39.8. The van der Waals surface area contributed by atoms with Crippen molar-refractivity contribution >= 4 is 38.5 Å². The van der Waals surface area contributed by atoms with Crippen LogP contribution >= 0.6 is 0 Å². The van der Waals surface area contributed by atoms with Crippen molar-refractivity contribution in [2.75, 3.05) is 13.7 Å². The van der Waals surface area contributed by atoms with Gasteiger partial charge in [0.1, 0.15) is 29.2 Å². The number of allylic oxidation sites excluding steroid dienone is 1. The highest BCUT2D eigenvalue weighted by atomic mass is 32.2. The molecule has 3 amide bonds. The van der Waals surface area contributed by atoms with E-state index in [0.717, 1.165) is 36.5 Å². The maximum atomic E-state index is 14.4. The quantitative estimate of drug-likeness (QED) is 0.243. The van der Waals surface area contributed by atoms with Gasteiger partial charge in [-0.2, -0.15) is 0 Å². The van der Waals surface area contributed by atoms with Gasteiger partial charge in [0.2, 0.25) is 27.7 Å². The number of carbonyl (C=O) groups is 3. The molecular weight excluding hydrogens is 735 g/mol. The average Bonchev–Trinajstić information content (AvgIpc) is 4.09. The third-order valence-corrected chi connectivity index (χ3v) is 13.3. The molecule has 2 aliphatic carbocycles. The molecule has 56 heavy (non-hydrogen) atoms. The zero-order valence-corrected chi connectivity index (χ0v) is 33.6. The molecule has 2 N–H and O–H groups in total. The second kappa shape index (κ2) is 16.0. The summed E-state index contributed by atoms with van der Waals surface area (Å²) in [4.78, 5) is 53.5. The van der Waals surface area contributed by atoms with Gasteiger partial charge >= 0.3 is 0 Å². The lowest BCUT2D eigenvalue weighted by Crippen LogP contribution is -2.56. The monoisotopic (exact) mass is 787 g/mol. The fraction of sp³-hybridized carbons (Fsp3) is 0.548. The summed E-state index contributed by atoms with van der Waals surface area (Å²) >= 11 is 0. The Labute approximate surface area is 329 Å². The van der Waals surface area contributed by atoms with E-state index in [-0.39, 0.29) is 49.7 Å². The number of carbonyl (C=O) groups excluding carboxylic acids is 3. The van der Waals surface area contributed by atoms with Crippen molar-refractivity contribution in [3.05, 3.63) is 54.7 Å². The second-order valence-electron chi connectivity index (χ2n) is 16.3. The number of amides is 3. The Morgan fingerprint density at radius 2 is 1.86 bits per heavy atom. The van der Waals surface area contributed by atoms with E-state index in [1.807, 2.05) is 62.4 Å². The highest BCUT2D eigenvalue weighted by Crippen LogP contribution is 2.46. The van der Waals surface area contributed by atoms with Crippen LogP contribution in [-0.4, -0.2) is 83.7 Å². The number of nitrogens with one attached hydrogen (secondary N) is 2. The number of rotatable bonds is 10. The molecule has 6 atom stereocenters. The van der Waals surface area contributed by atoms with Crippen molar-refractivity contribution in [3.8, 4) is 28.8 Å². The van der Waals surface area contributed by atoms with Crippen molar-refractivity contribution in [2.24, 2.45) is 17.8 Å². The third-order valence-electron chi connectivity index (χ3n) is 11.5. The van der Waals surface area contributed by atoms with E-state index in [1.165, 1.54) is 0 Å². The summed E-state index contributed by atoms with van der Waals surface area (Å²) in [5.41, 5.74) is -0.278. The number of aromatic nitrogens is 2. The van der Waals surface area contributed by atoms with Crippen LogP contribution in [0.3, 0.4) is 0 Å². The molecule has 0 bridgehead atoms. The number of pyridine rings is 2. The van der Waals surface area contributed by atoms with Crippen molar-refractivity contribution in [2.45, 2.75) is 115 Å². The Kier molecular flexibility index (Phi) is 11.3. The van der Waals surface area contributed by atoms with Gasteiger partial charge in [0, 0.05) is 24.1 Å². The van der Waals surface area contributed by atoms with E-state index < -0.39 is 44.8 Å². The van der Waals surface area contributed by atoms with Crippen LogP contribution in [0.1, 0.15) is 85.5 Å². The van der Waals surface area contributed by atoms with Gasteiger partial charge in [-0.1, -0.05) is 32.4 Å². The minimum atomic E-state index is -3.85. The molecule has 1 aromatic carbocycles. The maximum absolute atomic E-state index is 14.4. The molecule has 7 rings (SSSR count). The topological polar surface area (TPSA) is 166 Å². The lowest BCUT2D eigenvalue weighted by atomic mass is 9.88. The van der Waals surface area contributed by atoms with Crippen LogP contribution in [0.5, 0.6) is 17.4 Å². The molecule has 3 aromatic rings. The minimum Gasteiger partial charge on any atom is -0.497 e. The number of sulfonamides is 1. The van der Waals surface area contributed by atoms with E-state index >= 15 is 0 Å². The van der Waals surface area contributed by atoms with E-state index in [1.54, 1.807) is 18.2 Å². The smallest absolute Gasteiger partial charge is 0.259 e. The first-order chi connectivity index (χ1) is 26.8. The van der Waals surface area contributed by atoms with Crippen molar-refractivity contribution < 1.29 is 37.0 Å². The van der Waals surface area contributed by atoms with Crippen LogP contribution in [0.4, 0.5) is 0 Å². The average molecular weight is 788 g/mol. The van der Waals surface area contributed by atoms with Crippen LogP contribution in [0.25, 0.3) is 22.2 Å². The van der Waals surface area contributed by atoms with Crippen LogP contribution in [0.15, 0.2) is 54.7 Å². The Balaban J connectivity index is 1.20. The van der Waals surface area contributed by atoms with Crippen LogP contribution < -0.4 is 24.2 Å². The summed E-state index contributed by atoms with van der Waals surface area (Å²) in [5, 5.41) is 3.88. The Morgan fingerprint density at radius 1 is 1.07 bits per heavy atom. The Hall–Kier alpha value is -4.72. The number of methoxy groups -OCH3 is 1.